The number of carbonyl (C=O) groups is 3. The zero-order chi connectivity index (χ0) is 21.4. The molecular weight excluding hydrogens is 391 g/mol. The second kappa shape index (κ2) is 9.58. The minimum absolute atomic E-state index is 0.0378. The number of amides is 3. The van der Waals surface area contributed by atoms with E-state index in [0.29, 0.717) is 12.4 Å². The van der Waals surface area contributed by atoms with Crippen molar-refractivity contribution in [3.05, 3.63) is 65.2 Å². The van der Waals surface area contributed by atoms with Gasteiger partial charge in [0, 0.05) is 11.1 Å². The van der Waals surface area contributed by atoms with Gasteiger partial charge < -0.3 is 10.1 Å². The Balaban J connectivity index is 1.79. The molecule has 0 fully saturated rings. The summed E-state index contributed by atoms with van der Waals surface area (Å²) in [6.07, 6.45) is -4.50. The maximum absolute atomic E-state index is 12.5. The van der Waals surface area contributed by atoms with Gasteiger partial charge in [-0.15, -0.1) is 0 Å². The fourth-order valence-electron chi connectivity index (χ4n) is 2.19. The second-order valence-corrected chi connectivity index (χ2v) is 5.72. The number of hydrogen-bond donors (Lipinski definition) is 3. The Morgan fingerprint density at radius 2 is 1.41 bits per heavy atom. The van der Waals surface area contributed by atoms with Crippen LogP contribution in [0, 0.1) is 0 Å². The molecule has 2 rings (SSSR count). The molecule has 0 saturated heterocycles. The van der Waals surface area contributed by atoms with E-state index < -0.39 is 36.0 Å². The molecule has 29 heavy (non-hydrogen) atoms. The lowest BCUT2D eigenvalue weighted by atomic mass is 10.1. The summed E-state index contributed by atoms with van der Waals surface area (Å²) in [5.74, 6) is -1.43. The van der Waals surface area contributed by atoms with Gasteiger partial charge in [-0.05, 0) is 55.5 Å². The number of halogens is 3. The summed E-state index contributed by atoms with van der Waals surface area (Å²) in [5, 5.41) is 2.24. The molecule has 154 valence electrons. The number of hydrogen-bond acceptors (Lipinski definition) is 4. The minimum Gasteiger partial charge on any atom is -0.494 e. The average molecular weight is 409 g/mol. The number of nitrogens with one attached hydrogen (secondary N) is 3. The lowest BCUT2D eigenvalue weighted by Gasteiger charge is -2.10. The van der Waals surface area contributed by atoms with E-state index in [1.807, 2.05) is 6.92 Å². The average Bonchev–Trinajstić information content (AvgIpc) is 2.70. The quantitative estimate of drug-likeness (QED) is 0.638. The molecule has 0 atom stereocenters. The molecule has 0 spiro atoms. The first kappa shape index (κ1) is 21.7. The monoisotopic (exact) mass is 409 g/mol. The molecule has 10 heteroatoms. The van der Waals surface area contributed by atoms with Crippen molar-refractivity contribution in [3.8, 4) is 5.75 Å². The summed E-state index contributed by atoms with van der Waals surface area (Å²) in [5.41, 5.74) is 3.66. The summed E-state index contributed by atoms with van der Waals surface area (Å²) >= 11 is 0. The van der Waals surface area contributed by atoms with Crippen LogP contribution in [0.3, 0.4) is 0 Å². The van der Waals surface area contributed by atoms with E-state index in [1.165, 1.54) is 12.1 Å². The number of hydrazine groups is 1. The van der Waals surface area contributed by atoms with Gasteiger partial charge in [0.15, 0.2) is 0 Å². The number of benzene rings is 2. The van der Waals surface area contributed by atoms with E-state index >= 15 is 0 Å². The molecule has 0 bridgehead atoms. The Morgan fingerprint density at radius 3 is 1.97 bits per heavy atom. The Labute approximate surface area is 164 Å². The van der Waals surface area contributed by atoms with E-state index in [9.17, 15) is 27.6 Å². The Morgan fingerprint density at radius 1 is 0.862 bits per heavy atom. The van der Waals surface area contributed by atoms with E-state index in [0.717, 1.165) is 24.3 Å². The number of ether oxygens (including phenoxy) is 1. The van der Waals surface area contributed by atoms with Crippen LogP contribution in [0.5, 0.6) is 5.75 Å². The molecule has 0 heterocycles. The van der Waals surface area contributed by atoms with Crippen LogP contribution in [0.4, 0.5) is 13.2 Å². The van der Waals surface area contributed by atoms with Crippen molar-refractivity contribution in [2.45, 2.75) is 13.1 Å². The Kier molecular flexibility index (Phi) is 7.18. The summed E-state index contributed by atoms with van der Waals surface area (Å²) in [7, 11) is 0. The lowest BCUT2D eigenvalue weighted by molar-refractivity contribution is -0.137. The molecule has 0 aliphatic carbocycles. The number of carbonyl (C=O) groups excluding carboxylic acids is 3. The van der Waals surface area contributed by atoms with Gasteiger partial charge in [-0.2, -0.15) is 13.2 Å². The molecular formula is C19H18F3N3O4. The molecule has 3 N–H and O–H groups in total. The van der Waals surface area contributed by atoms with E-state index in [-0.39, 0.29) is 11.1 Å². The maximum atomic E-state index is 12.5. The summed E-state index contributed by atoms with van der Waals surface area (Å²) < 4.78 is 42.8. The van der Waals surface area contributed by atoms with Gasteiger partial charge in [-0.3, -0.25) is 25.2 Å². The van der Waals surface area contributed by atoms with Crippen molar-refractivity contribution in [1.29, 1.82) is 0 Å². The normalized spacial score (nSPS) is 10.8. The zero-order valence-corrected chi connectivity index (χ0v) is 15.3. The highest BCUT2D eigenvalue weighted by Crippen LogP contribution is 2.29. The molecule has 0 aliphatic rings. The van der Waals surface area contributed by atoms with Crippen LogP contribution in [-0.4, -0.2) is 30.9 Å². The summed E-state index contributed by atoms with van der Waals surface area (Å²) in [6.45, 7) is 1.83. The molecule has 2 aromatic carbocycles. The standard InChI is InChI=1S/C19H18F3N3O4/c1-2-29-15-9-5-13(6-10-15)18(28)25-24-16(26)11-23-17(27)12-3-7-14(8-4-12)19(20,21)22/h3-10H,2,11H2,1H3,(H,23,27)(H,24,26)(H,25,28). The molecule has 0 unspecified atom stereocenters. The SMILES string of the molecule is CCOc1ccc(C(=O)NNC(=O)CNC(=O)c2ccc(C(F)(F)F)cc2)cc1. The van der Waals surface area contributed by atoms with Crippen LogP contribution in [0.1, 0.15) is 33.2 Å². The zero-order valence-electron chi connectivity index (χ0n) is 15.3. The van der Waals surface area contributed by atoms with Gasteiger partial charge in [0.25, 0.3) is 17.7 Å². The fraction of sp³-hybridized carbons (Fsp3) is 0.211. The Hall–Kier alpha value is -3.56. The first-order chi connectivity index (χ1) is 13.7. The van der Waals surface area contributed by atoms with Gasteiger partial charge in [0.1, 0.15) is 5.75 Å². The maximum Gasteiger partial charge on any atom is 0.416 e. The number of rotatable bonds is 6. The van der Waals surface area contributed by atoms with Crippen molar-refractivity contribution >= 4 is 17.7 Å². The highest BCUT2D eigenvalue weighted by Gasteiger charge is 2.30. The highest BCUT2D eigenvalue weighted by atomic mass is 19.4. The van der Waals surface area contributed by atoms with Crippen LogP contribution >= 0.6 is 0 Å². The third-order valence-electron chi connectivity index (χ3n) is 3.63. The Bertz CT molecular complexity index is 866. The second-order valence-electron chi connectivity index (χ2n) is 5.72. The van der Waals surface area contributed by atoms with Crippen LogP contribution in [0.25, 0.3) is 0 Å². The first-order valence-corrected chi connectivity index (χ1v) is 8.48. The lowest BCUT2D eigenvalue weighted by Crippen LogP contribution is -2.46. The predicted molar refractivity (Wildman–Crippen MR) is 97.0 cm³/mol. The van der Waals surface area contributed by atoms with E-state index in [2.05, 4.69) is 16.2 Å². The fourth-order valence-corrected chi connectivity index (χ4v) is 2.19. The van der Waals surface area contributed by atoms with Crippen LogP contribution in [0.2, 0.25) is 0 Å². The molecule has 0 aromatic heterocycles. The van der Waals surface area contributed by atoms with Gasteiger partial charge in [-0.25, -0.2) is 0 Å². The topological polar surface area (TPSA) is 96.5 Å². The van der Waals surface area contributed by atoms with Crippen LogP contribution in [-0.2, 0) is 11.0 Å². The highest BCUT2D eigenvalue weighted by molar-refractivity contribution is 5.98. The smallest absolute Gasteiger partial charge is 0.416 e. The first-order valence-electron chi connectivity index (χ1n) is 8.48. The molecule has 3 amide bonds. The molecule has 0 aliphatic heterocycles. The van der Waals surface area contributed by atoms with Gasteiger partial charge >= 0.3 is 6.18 Å². The molecule has 7 nitrogen and oxygen atoms in total. The van der Waals surface area contributed by atoms with Crippen molar-refractivity contribution in [2.24, 2.45) is 0 Å². The van der Waals surface area contributed by atoms with Crippen molar-refractivity contribution in [1.82, 2.24) is 16.2 Å². The van der Waals surface area contributed by atoms with Gasteiger partial charge in [0.2, 0.25) is 0 Å². The van der Waals surface area contributed by atoms with E-state index in [1.54, 1.807) is 12.1 Å². The number of alkyl halides is 3. The minimum atomic E-state index is -4.50. The molecule has 0 radical (unpaired) electrons. The van der Waals surface area contributed by atoms with Crippen LogP contribution < -0.4 is 20.9 Å². The largest absolute Gasteiger partial charge is 0.494 e. The predicted octanol–water partition coefficient (Wildman–Crippen LogP) is 2.30. The van der Waals surface area contributed by atoms with Crippen molar-refractivity contribution in [3.63, 3.8) is 0 Å². The van der Waals surface area contributed by atoms with Gasteiger partial charge in [0.05, 0.1) is 18.7 Å². The van der Waals surface area contributed by atoms with Gasteiger partial charge in [-0.1, -0.05) is 0 Å². The third-order valence-corrected chi connectivity index (χ3v) is 3.63. The van der Waals surface area contributed by atoms with Crippen LogP contribution in [0.15, 0.2) is 48.5 Å². The molecule has 0 saturated carbocycles. The van der Waals surface area contributed by atoms with E-state index in [4.69, 9.17) is 4.74 Å². The summed E-state index contributed by atoms with van der Waals surface area (Å²) in [4.78, 5) is 35.6. The third kappa shape index (κ3) is 6.52. The van der Waals surface area contributed by atoms with Crippen molar-refractivity contribution in [2.75, 3.05) is 13.2 Å². The molecule has 2 aromatic rings. The van der Waals surface area contributed by atoms with Crippen molar-refractivity contribution < 1.29 is 32.3 Å². The summed E-state index contributed by atoms with van der Waals surface area (Å²) in [6, 6.07) is 9.78.